The molecule has 0 radical (unpaired) electrons. The van der Waals surface area contributed by atoms with E-state index in [0.717, 1.165) is 5.56 Å². The summed E-state index contributed by atoms with van der Waals surface area (Å²) in [5, 5.41) is 6.60. The van der Waals surface area contributed by atoms with Gasteiger partial charge < -0.3 is 19.2 Å². The Hall–Kier alpha value is -3.66. The fourth-order valence-electron chi connectivity index (χ4n) is 2.24. The van der Waals surface area contributed by atoms with Gasteiger partial charge in [-0.3, -0.25) is 10.1 Å². The van der Waals surface area contributed by atoms with Crippen LogP contribution < -0.4 is 15.4 Å². The lowest BCUT2D eigenvalue weighted by Gasteiger charge is -2.06. The van der Waals surface area contributed by atoms with Crippen molar-refractivity contribution in [1.29, 1.82) is 0 Å². The quantitative estimate of drug-likeness (QED) is 0.528. The van der Waals surface area contributed by atoms with Gasteiger partial charge in [-0.15, -0.1) is 11.3 Å². The van der Waals surface area contributed by atoms with Crippen LogP contribution in [0.3, 0.4) is 0 Å². The number of nitrogens with one attached hydrogen (secondary N) is 2. The van der Waals surface area contributed by atoms with E-state index >= 15 is 0 Å². The number of hydrogen-bond donors (Lipinski definition) is 2. The van der Waals surface area contributed by atoms with E-state index in [-0.39, 0.29) is 18.8 Å². The normalized spacial score (nSPS) is 10.3. The Balaban J connectivity index is 1.38. The summed E-state index contributed by atoms with van der Waals surface area (Å²) < 4.78 is 15.6. The number of amides is 3. The van der Waals surface area contributed by atoms with E-state index in [1.165, 1.54) is 23.0 Å². The number of nitrogens with zero attached hydrogens (tertiary/aromatic N) is 1. The van der Waals surface area contributed by atoms with E-state index in [4.69, 9.17) is 13.9 Å². The van der Waals surface area contributed by atoms with Crippen molar-refractivity contribution in [2.24, 2.45) is 0 Å². The average Bonchev–Trinajstić information content (AvgIpc) is 3.42. The number of carbonyl (C=O) groups is 3. The number of furan rings is 1. The summed E-state index contributed by atoms with van der Waals surface area (Å²) in [4.78, 5) is 39.5. The number of urea groups is 1. The number of hydrogen-bond acceptors (Lipinski definition) is 8. The fraction of sp³-hybridized carbons (Fsp3) is 0.200. The maximum atomic E-state index is 12.0. The standard InChI is InChI=1S/C20H19N3O6S/c1-13-4-6-14(7-5-13)28-11-18-22-16(12-30-18)19(25)29-10-17(24)23-20(26)21-9-15-3-2-8-27-15/h2-8,12H,9-11H2,1H3,(H2,21,23,24,26). The van der Waals surface area contributed by atoms with Gasteiger partial charge >= 0.3 is 12.0 Å². The van der Waals surface area contributed by atoms with Gasteiger partial charge in [0.05, 0.1) is 12.8 Å². The van der Waals surface area contributed by atoms with Crippen molar-refractivity contribution in [2.75, 3.05) is 6.61 Å². The van der Waals surface area contributed by atoms with Gasteiger partial charge in [-0.05, 0) is 31.2 Å². The molecular weight excluding hydrogens is 410 g/mol. The van der Waals surface area contributed by atoms with Gasteiger partial charge in [0.2, 0.25) is 0 Å². The van der Waals surface area contributed by atoms with Crippen LogP contribution in [-0.2, 0) is 22.7 Å². The number of thiazole rings is 1. The zero-order valence-corrected chi connectivity index (χ0v) is 16.9. The lowest BCUT2D eigenvalue weighted by atomic mass is 10.2. The molecule has 2 N–H and O–H groups in total. The molecule has 30 heavy (non-hydrogen) atoms. The summed E-state index contributed by atoms with van der Waals surface area (Å²) in [5.74, 6) is -0.297. The van der Waals surface area contributed by atoms with Crippen molar-refractivity contribution < 1.29 is 28.3 Å². The molecule has 0 aliphatic rings. The number of ether oxygens (including phenoxy) is 2. The molecule has 0 fully saturated rings. The first-order valence-corrected chi connectivity index (χ1v) is 9.78. The van der Waals surface area contributed by atoms with Gasteiger partial charge in [-0.2, -0.15) is 0 Å². The molecule has 1 aromatic carbocycles. The molecule has 0 spiro atoms. The van der Waals surface area contributed by atoms with E-state index in [9.17, 15) is 14.4 Å². The van der Waals surface area contributed by atoms with E-state index in [0.29, 0.717) is 16.5 Å². The number of rotatable bonds is 8. The highest BCUT2D eigenvalue weighted by Crippen LogP contribution is 2.16. The summed E-state index contributed by atoms with van der Waals surface area (Å²) >= 11 is 1.24. The maximum absolute atomic E-state index is 12.0. The topological polar surface area (TPSA) is 120 Å². The van der Waals surface area contributed by atoms with E-state index in [1.54, 1.807) is 12.1 Å². The van der Waals surface area contributed by atoms with Crippen LogP contribution in [0.5, 0.6) is 5.75 Å². The van der Waals surface area contributed by atoms with Crippen LogP contribution in [0.1, 0.15) is 26.8 Å². The summed E-state index contributed by atoms with van der Waals surface area (Å²) in [6, 6.07) is 10.2. The second-order valence-corrected chi connectivity index (χ2v) is 7.06. The molecule has 0 unspecified atom stereocenters. The molecule has 0 aliphatic heterocycles. The highest BCUT2D eigenvalue weighted by atomic mass is 32.1. The molecule has 3 rings (SSSR count). The Kier molecular flexibility index (Phi) is 7.17. The molecule has 156 valence electrons. The summed E-state index contributed by atoms with van der Waals surface area (Å²) in [6.45, 7) is 1.70. The number of imide groups is 1. The Morgan fingerprint density at radius 2 is 1.97 bits per heavy atom. The van der Waals surface area contributed by atoms with Crippen molar-refractivity contribution >= 4 is 29.2 Å². The third-order valence-electron chi connectivity index (χ3n) is 3.73. The largest absolute Gasteiger partial charge is 0.486 e. The first-order valence-electron chi connectivity index (χ1n) is 8.90. The third kappa shape index (κ3) is 6.45. The molecule has 0 saturated heterocycles. The second-order valence-electron chi connectivity index (χ2n) is 6.11. The predicted octanol–water partition coefficient (Wildman–Crippen LogP) is 2.81. The van der Waals surface area contributed by atoms with Crippen molar-refractivity contribution in [3.05, 3.63) is 70.1 Å². The van der Waals surface area contributed by atoms with Crippen molar-refractivity contribution in [3.63, 3.8) is 0 Å². The average molecular weight is 429 g/mol. The third-order valence-corrected chi connectivity index (χ3v) is 4.56. The van der Waals surface area contributed by atoms with Crippen LogP contribution in [0.2, 0.25) is 0 Å². The maximum Gasteiger partial charge on any atom is 0.358 e. The van der Waals surface area contributed by atoms with Crippen LogP contribution in [0.25, 0.3) is 0 Å². The lowest BCUT2D eigenvalue weighted by Crippen LogP contribution is -2.41. The molecule has 3 aromatic rings. The van der Waals surface area contributed by atoms with Crippen molar-refractivity contribution in [1.82, 2.24) is 15.6 Å². The summed E-state index contributed by atoms with van der Waals surface area (Å²) in [6.07, 6.45) is 1.47. The number of benzene rings is 1. The van der Waals surface area contributed by atoms with Gasteiger partial charge in [0.1, 0.15) is 23.1 Å². The molecule has 2 heterocycles. The minimum Gasteiger partial charge on any atom is -0.486 e. The molecule has 0 bridgehead atoms. The molecular formula is C20H19N3O6S. The lowest BCUT2D eigenvalue weighted by molar-refractivity contribution is -0.123. The van der Waals surface area contributed by atoms with Crippen LogP contribution in [0, 0.1) is 6.92 Å². The van der Waals surface area contributed by atoms with Crippen LogP contribution in [0.4, 0.5) is 4.79 Å². The number of carbonyl (C=O) groups excluding carboxylic acids is 3. The van der Waals surface area contributed by atoms with Crippen molar-refractivity contribution in [2.45, 2.75) is 20.1 Å². The first kappa shape index (κ1) is 21.1. The summed E-state index contributed by atoms with van der Waals surface area (Å²) in [5.41, 5.74) is 1.19. The number of esters is 1. The van der Waals surface area contributed by atoms with Gasteiger partial charge in [-0.25, -0.2) is 14.6 Å². The Morgan fingerprint density at radius 3 is 2.70 bits per heavy atom. The van der Waals surface area contributed by atoms with Gasteiger partial charge in [0.15, 0.2) is 12.3 Å². The van der Waals surface area contributed by atoms with Crippen LogP contribution in [-0.4, -0.2) is 29.5 Å². The smallest absolute Gasteiger partial charge is 0.358 e. The first-order chi connectivity index (χ1) is 14.5. The van der Waals surface area contributed by atoms with E-state index in [1.807, 2.05) is 31.2 Å². The molecule has 3 amide bonds. The molecule has 0 aliphatic carbocycles. The van der Waals surface area contributed by atoms with Crippen LogP contribution >= 0.6 is 11.3 Å². The molecule has 2 aromatic heterocycles. The van der Waals surface area contributed by atoms with Crippen LogP contribution in [0.15, 0.2) is 52.5 Å². The molecule has 0 saturated carbocycles. The number of aryl methyl sites for hydroxylation is 1. The zero-order chi connectivity index (χ0) is 21.3. The monoisotopic (exact) mass is 429 g/mol. The van der Waals surface area contributed by atoms with Crippen molar-refractivity contribution in [3.8, 4) is 5.75 Å². The fourth-order valence-corrected chi connectivity index (χ4v) is 2.92. The second kappa shape index (κ2) is 10.2. The van der Waals surface area contributed by atoms with Gasteiger partial charge in [-0.1, -0.05) is 17.7 Å². The highest BCUT2D eigenvalue weighted by molar-refractivity contribution is 7.09. The SMILES string of the molecule is Cc1ccc(OCc2nc(C(=O)OCC(=O)NC(=O)NCc3ccco3)cs2)cc1. The van der Waals surface area contributed by atoms with E-state index in [2.05, 4.69) is 15.6 Å². The highest BCUT2D eigenvalue weighted by Gasteiger charge is 2.16. The predicted molar refractivity (Wildman–Crippen MR) is 107 cm³/mol. The Labute approximate surface area is 176 Å². The van der Waals surface area contributed by atoms with Gasteiger partial charge in [0.25, 0.3) is 5.91 Å². The molecule has 10 heteroatoms. The Morgan fingerprint density at radius 1 is 1.17 bits per heavy atom. The minimum absolute atomic E-state index is 0.0672. The number of aromatic nitrogens is 1. The molecule has 9 nitrogen and oxygen atoms in total. The summed E-state index contributed by atoms with van der Waals surface area (Å²) in [7, 11) is 0. The van der Waals surface area contributed by atoms with Gasteiger partial charge in [0, 0.05) is 5.38 Å². The Bertz CT molecular complexity index is 998. The van der Waals surface area contributed by atoms with E-state index < -0.39 is 24.5 Å². The zero-order valence-electron chi connectivity index (χ0n) is 16.0. The minimum atomic E-state index is -0.765. The molecule has 0 atom stereocenters.